The lowest BCUT2D eigenvalue weighted by Crippen LogP contribution is -2.13. The molecule has 0 saturated heterocycles. The first kappa shape index (κ1) is 12.9. The van der Waals surface area contributed by atoms with Gasteiger partial charge in [-0.3, -0.25) is 0 Å². The van der Waals surface area contributed by atoms with Crippen LogP contribution in [0.25, 0.3) is 6.08 Å². The second kappa shape index (κ2) is 5.27. The van der Waals surface area contributed by atoms with Crippen LogP contribution in [0.1, 0.15) is 19.4 Å². The molecule has 0 atom stereocenters. The predicted molar refractivity (Wildman–Crippen MR) is 64.9 cm³/mol. The van der Waals surface area contributed by atoms with Crippen LogP contribution in [-0.4, -0.2) is 25.4 Å². The molecule has 0 amide bonds. The van der Waals surface area contributed by atoms with Crippen molar-refractivity contribution in [3.8, 4) is 0 Å². The van der Waals surface area contributed by atoms with Gasteiger partial charge in [0.25, 0.3) is 0 Å². The molecular formula is C12H16O3S. The zero-order valence-electron chi connectivity index (χ0n) is 9.42. The van der Waals surface area contributed by atoms with Crippen molar-refractivity contribution in [3.63, 3.8) is 0 Å². The Bertz CT molecular complexity index is 473. The highest BCUT2D eigenvalue weighted by molar-refractivity contribution is 7.92. The van der Waals surface area contributed by atoms with Crippen LogP contribution in [0.3, 0.4) is 0 Å². The van der Waals surface area contributed by atoms with E-state index in [0.717, 1.165) is 5.56 Å². The van der Waals surface area contributed by atoms with Crippen molar-refractivity contribution in [1.29, 1.82) is 0 Å². The Morgan fingerprint density at radius 2 is 2.06 bits per heavy atom. The molecule has 1 aromatic carbocycles. The zero-order chi connectivity index (χ0) is 12.2. The summed E-state index contributed by atoms with van der Waals surface area (Å²) in [5, 5.41) is 8.21. The lowest BCUT2D eigenvalue weighted by Gasteiger charge is -2.08. The molecule has 1 aromatic rings. The Morgan fingerprint density at radius 3 is 2.62 bits per heavy atom. The van der Waals surface area contributed by atoms with Crippen molar-refractivity contribution in [3.05, 3.63) is 35.9 Å². The minimum absolute atomic E-state index is 0.0544. The molecule has 0 heterocycles. The van der Waals surface area contributed by atoms with Gasteiger partial charge in [0.05, 0.1) is 16.8 Å². The van der Waals surface area contributed by atoms with Crippen LogP contribution in [0, 0.1) is 0 Å². The largest absolute Gasteiger partial charge is 0.392 e. The van der Waals surface area contributed by atoms with E-state index in [9.17, 15) is 8.42 Å². The molecule has 0 aromatic heterocycles. The predicted octanol–water partition coefficient (Wildman–Crippen LogP) is 1.87. The maximum Gasteiger partial charge on any atom is 0.180 e. The molecule has 16 heavy (non-hydrogen) atoms. The number of aliphatic hydroxyl groups is 1. The van der Waals surface area contributed by atoms with Crippen LogP contribution >= 0.6 is 0 Å². The lowest BCUT2D eigenvalue weighted by molar-refractivity contribution is 0.343. The average Bonchev–Trinajstić information content (AvgIpc) is 2.26. The Morgan fingerprint density at radius 1 is 1.38 bits per heavy atom. The summed E-state index contributed by atoms with van der Waals surface area (Å²) in [6.45, 7) is 3.26. The maximum atomic E-state index is 11.9. The summed E-state index contributed by atoms with van der Waals surface area (Å²) in [5.74, 6) is 0. The van der Waals surface area contributed by atoms with Gasteiger partial charge in [0.2, 0.25) is 0 Å². The van der Waals surface area contributed by atoms with Crippen molar-refractivity contribution in [2.24, 2.45) is 0 Å². The van der Waals surface area contributed by atoms with Gasteiger partial charge < -0.3 is 5.11 Å². The van der Waals surface area contributed by atoms with E-state index in [-0.39, 0.29) is 6.61 Å². The molecule has 88 valence electrons. The molecule has 0 aliphatic heterocycles. The molecule has 1 N–H and O–H groups in total. The van der Waals surface area contributed by atoms with Gasteiger partial charge in [0.1, 0.15) is 0 Å². The number of sulfone groups is 1. The molecule has 0 aliphatic carbocycles. The van der Waals surface area contributed by atoms with Gasteiger partial charge in [-0.1, -0.05) is 24.3 Å². The van der Waals surface area contributed by atoms with Gasteiger partial charge in [0.15, 0.2) is 9.84 Å². The highest BCUT2D eigenvalue weighted by Gasteiger charge is 2.18. The maximum absolute atomic E-state index is 11.9. The van der Waals surface area contributed by atoms with Gasteiger partial charge >= 0.3 is 0 Å². The molecule has 0 saturated carbocycles. The monoisotopic (exact) mass is 240 g/mol. The first-order chi connectivity index (χ1) is 7.48. The second-order valence-corrected chi connectivity index (χ2v) is 6.26. The molecule has 0 unspecified atom stereocenters. The molecule has 0 bridgehead atoms. The standard InChI is InChI=1S/C12H16O3S/c1-10(2)16(14,15)12-7-3-5-11(9-12)6-4-8-13/h3-7,9-10,13H,8H2,1-2H3. The fourth-order valence-electron chi connectivity index (χ4n) is 1.26. The van der Waals surface area contributed by atoms with Gasteiger partial charge in [-0.2, -0.15) is 0 Å². The highest BCUT2D eigenvalue weighted by Crippen LogP contribution is 2.17. The van der Waals surface area contributed by atoms with Crippen LogP contribution in [0.4, 0.5) is 0 Å². The van der Waals surface area contributed by atoms with E-state index in [1.54, 1.807) is 50.3 Å². The number of hydrogen-bond donors (Lipinski definition) is 1. The van der Waals surface area contributed by atoms with E-state index in [0.29, 0.717) is 4.90 Å². The van der Waals surface area contributed by atoms with Crippen molar-refractivity contribution in [2.45, 2.75) is 24.0 Å². The lowest BCUT2D eigenvalue weighted by atomic mass is 10.2. The summed E-state index contributed by atoms with van der Waals surface area (Å²) in [6, 6.07) is 6.70. The number of hydrogen-bond acceptors (Lipinski definition) is 3. The van der Waals surface area contributed by atoms with E-state index in [1.165, 1.54) is 0 Å². The average molecular weight is 240 g/mol. The van der Waals surface area contributed by atoms with Gasteiger partial charge in [-0.05, 0) is 31.5 Å². The van der Waals surface area contributed by atoms with Crippen LogP contribution in [0.5, 0.6) is 0 Å². The van der Waals surface area contributed by atoms with Gasteiger partial charge in [0, 0.05) is 0 Å². The van der Waals surface area contributed by atoms with Crippen LogP contribution < -0.4 is 0 Å². The molecule has 0 radical (unpaired) electrons. The third-order valence-electron chi connectivity index (χ3n) is 2.22. The fourth-order valence-corrected chi connectivity index (χ4v) is 2.37. The summed E-state index contributed by atoms with van der Waals surface area (Å²) in [4.78, 5) is 0.322. The fraction of sp³-hybridized carbons (Fsp3) is 0.333. The van der Waals surface area contributed by atoms with Crippen LogP contribution in [0.2, 0.25) is 0 Å². The second-order valence-electron chi connectivity index (χ2n) is 3.75. The first-order valence-corrected chi connectivity index (χ1v) is 6.64. The molecular weight excluding hydrogens is 224 g/mol. The molecule has 4 heteroatoms. The molecule has 0 aliphatic rings. The SMILES string of the molecule is CC(C)S(=O)(=O)c1cccc(C=CCO)c1. The molecule has 3 nitrogen and oxygen atoms in total. The van der Waals surface area contributed by atoms with Crippen molar-refractivity contribution in [2.75, 3.05) is 6.61 Å². The third-order valence-corrected chi connectivity index (χ3v) is 4.38. The highest BCUT2D eigenvalue weighted by atomic mass is 32.2. The molecule has 0 fully saturated rings. The van der Waals surface area contributed by atoms with Crippen molar-refractivity contribution in [1.82, 2.24) is 0 Å². The summed E-state index contributed by atoms with van der Waals surface area (Å²) in [7, 11) is -3.22. The van der Waals surface area contributed by atoms with Gasteiger partial charge in [-0.25, -0.2) is 8.42 Å². The Labute approximate surface area is 96.4 Å². The Balaban J connectivity index is 3.13. The number of aliphatic hydroxyl groups excluding tert-OH is 1. The van der Waals surface area contributed by atoms with E-state index in [4.69, 9.17) is 5.11 Å². The minimum Gasteiger partial charge on any atom is -0.392 e. The quantitative estimate of drug-likeness (QED) is 0.874. The van der Waals surface area contributed by atoms with E-state index < -0.39 is 15.1 Å². The number of benzene rings is 1. The smallest absolute Gasteiger partial charge is 0.180 e. The summed E-state index contributed by atoms with van der Waals surface area (Å²) < 4.78 is 23.8. The zero-order valence-corrected chi connectivity index (χ0v) is 10.2. The Hall–Kier alpha value is -1.13. The van der Waals surface area contributed by atoms with Gasteiger partial charge in [-0.15, -0.1) is 0 Å². The first-order valence-electron chi connectivity index (χ1n) is 5.10. The van der Waals surface area contributed by atoms with Crippen LogP contribution in [0.15, 0.2) is 35.2 Å². The summed E-state index contributed by atoms with van der Waals surface area (Å²) >= 11 is 0. The van der Waals surface area contributed by atoms with E-state index in [2.05, 4.69) is 0 Å². The van der Waals surface area contributed by atoms with E-state index in [1.807, 2.05) is 0 Å². The molecule has 1 rings (SSSR count). The summed E-state index contributed by atoms with van der Waals surface area (Å²) in [5.41, 5.74) is 0.774. The molecule has 0 spiro atoms. The van der Waals surface area contributed by atoms with Crippen molar-refractivity contribution < 1.29 is 13.5 Å². The van der Waals surface area contributed by atoms with Crippen LogP contribution in [-0.2, 0) is 9.84 Å². The normalized spacial score (nSPS) is 12.5. The van der Waals surface area contributed by atoms with E-state index >= 15 is 0 Å². The van der Waals surface area contributed by atoms with Crippen molar-refractivity contribution >= 4 is 15.9 Å². The number of rotatable bonds is 4. The Kier molecular flexibility index (Phi) is 4.26. The summed E-state index contributed by atoms with van der Waals surface area (Å²) in [6.07, 6.45) is 3.26. The topological polar surface area (TPSA) is 54.4 Å². The minimum atomic E-state index is -3.22. The third kappa shape index (κ3) is 2.93.